The molecule has 11 nitrogen and oxygen atoms in total. The summed E-state index contributed by atoms with van der Waals surface area (Å²) in [4.78, 5) is 20.6. The zero-order chi connectivity index (χ0) is 23.4. The number of aliphatic carboxylic acids is 1. The van der Waals surface area contributed by atoms with Crippen molar-refractivity contribution in [2.24, 2.45) is 0 Å². The minimum atomic E-state index is -1.79. The third kappa shape index (κ3) is 3.39. The smallest absolute Gasteiger partial charge is 0.335 e. The van der Waals surface area contributed by atoms with Crippen LogP contribution in [0.2, 0.25) is 0 Å². The fraction of sp³-hybridized carbons (Fsp3) is 0.409. The number of nitrogens with one attached hydrogen (secondary N) is 1. The highest BCUT2D eigenvalue weighted by molar-refractivity contribution is 5.74. The molecule has 11 heteroatoms. The van der Waals surface area contributed by atoms with Gasteiger partial charge in [0.25, 0.3) is 0 Å². The number of aryl methyl sites for hydroxylation is 1. The first kappa shape index (κ1) is 21.3. The number of nitrogens with zero attached hydrogens (tertiary/aromatic N) is 5. The molecule has 1 aromatic carbocycles. The highest BCUT2D eigenvalue weighted by Crippen LogP contribution is 2.49. The molecule has 2 N–H and O–H groups in total. The Morgan fingerprint density at radius 2 is 2.12 bits per heavy atom. The van der Waals surface area contributed by atoms with E-state index in [1.54, 1.807) is 13.8 Å². The molecule has 4 heterocycles. The van der Waals surface area contributed by atoms with E-state index in [1.165, 1.54) is 17.0 Å². The molecule has 0 amide bonds. The normalized spacial score (nSPS) is 27.9. The second-order valence-corrected chi connectivity index (χ2v) is 8.57. The molecule has 2 aliphatic heterocycles. The van der Waals surface area contributed by atoms with Gasteiger partial charge in [-0.1, -0.05) is 29.8 Å². The Hall–Kier alpha value is -3.59. The van der Waals surface area contributed by atoms with Gasteiger partial charge in [0.1, 0.15) is 30.3 Å². The van der Waals surface area contributed by atoms with Crippen molar-refractivity contribution in [2.75, 3.05) is 5.32 Å². The summed E-state index contributed by atoms with van der Waals surface area (Å²) in [7, 11) is 0. The van der Waals surface area contributed by atoms with Crippen molar-refractivity contribution in [3.05, 3.63) is 53.6 Å². The van der Waals surface area contributed by atoms with Crippen LogP contribution in [0.3, 0.4) is 0 Å². The number of carbonyl (C=O) groups is 1. The predicted octanol–water partition coefficient (Wildman–Crippen LogP) is 1.77. The second kappa shape index (κ2) is 7.48. The Kier molecular flexibility index (Phi) is 4.82. The van der Waals surface area contributed by atoms with Crippen LogP contribution in [-0.4, -0.2) is 54.8 Å². The number of carboxylic acids is 1. The summed E-state index contributed by atoms with van der Waals surface area (Å²) in [6.45, 7) is 5.85. The zero-order valence-corrected chi connectivity index (χ0v) is 18.2. The zero-order valence-electron chi connectivity index (χ0n) is 18.2. The van der Waals surface area contributed by atoms with Crippen molar-refractivity contribution in [3.63, 3.8) is 0 Å². The summed E-state index contributed by atoms with van der Waals surface area (Å²) in [5.41, 5.74) is 1.03. The summed E-state index contributed by atoms with van der Waals surface area (Å²) in [5.74, 6) is -1.86. The van der Waals surface area contributed by atoms with Gasteiger partial charge in [0.15, 0.2) is 23.4 Å². The molecule has 0 saturated carbocycles. The summed E-state index contributed by atoms with van der Waals surface area (Å²) in [6.07, 6.45) is -0.580. The monoisotopic (exact) mass is 450 g/mol. The Balaban J connectivity index is 1.54. The van der Waals surface area contributed by atoms with Gasteiger partial charge in [-0.25, -0.2) is 19.3 Å². The van der Waals surface area contributed by atoms with Crippen molar-refractivity contribution in [3.8, 4) is 6.07 Å². The van der Waals surface area contributed by atoms with E-state index in [2.05, 4.69) is 32.5 Å². The third-order valence-corrected chi connectivity index (χ3v) is 5.78. The maximum absolute atomic E-state index is 11.9. The number of fused-ring (bicyclic) bond motifs is 2. The molecule has 2 aromatic heterocycles. The molecule has 33 heavy (non-hydrogen) atoms. The van der Waals surface area contributed by atoms with Gasteiger partial charge in [0, 0.05) is 6.54 Å². The standard InChI is InChI=1S/C22H22N6O5/c1-12-5-4-6-13(7-12)8-24-18-19-25-9-14(28(19)27-11-26-18)22(10-23)17-15(16(32-22)20(29)30)31-21(2,3)33-17/h4-7,9,11,15-17H,8H2,1-3H3,(H,29,30)(H,24,26,27)/t15-,16+,17-,22+/m1/s1. The SMILES string of the molecule is Cc1cccc(CNc2ncnn3c([C@]4(C#N)O[C@H](C(=O)O)[C@H]5OC(C)(C)O[C@H]54)cnc23)c1. The van der Waals surface area contributed by atoms with Crippen molar-refractivity contribution < 1.29 is 24.1 Å². The summed E-state index contributed by atoms with van der Waals surface area (Å²) in [5, 5.41) is 27.4. The summed E-state index contributed by atoms with van der Waals surface area (Å²) < 4.78 is 19.0. The Bertz CT molecular complexity index is 1280. The van der Waals surface area contributed by atoms with E-state index in [-0.39, 0.29) is 5.69 Å². The molecule has 2 saturated heterocycles. The van der Waals surface area contributed by atoms with Gasteiger partial charge < -0.3 is 24.6 Å². The van der Waals surface area contributed by atoms with Crippen LogP contribution < -0.4 is 5.32 Å². The van der Waals surface area contributed by atoms with Crippen LogP contribution in [0.25, 0.3) is 5.65 Å². The lowest BCUT2D eigenvalue weighted by Gasteiger charge is -2.27. The first-order chi connectivity index (χ1) is 15.7. The number of rotatable bonds is 5. The first-order valence-corrected chi connectivity index (χ1v) is 10.4. The minimum absolute atomic E-state index is 0.237. The molecule has 0 unspecified atom stereocenters. The van der Waals surface area contributed by atoms with Gasteiger partial charge in [0.2, 0.25) is 5.60 Å². The van der Waals surface area contributed by atoms with Crippen LogP contribution in [0.4, 0.5) is 5.82 Å². The lowest BCUT2D eigenvalue weighted by molar-refractivity contribution is -0.206. The fourth-order valence-corrected chi connectivity index (χ4v) is 4.41. The van der Waals surface area contributed by atoms with Gasteiger partial charge in [-0.2, -0.15) is 10.4 Å². The molecule has 3 aromatic rings. The molecule has 2 aliphatic rings. The molecule has 4 atom stereocenters. The van der Waals surface area contributed by atoms with Crippen molar-refractivity contribution in [1.29, 1.82) is 5.26 Å². The highest BCUT2D eigenvalue weighted by Gasteiger charge is 2.67. The first-order valence-electron chi connectivity index (χ1n) is 10.4. The number of hydrogen-bond donors (Lipinski definition) is 2. The van der Waals surface area contributed by atoms with Gasteiger partial charge in [-0.15, -0.1) is 0 Å². The van der Waals surface area contributed by atoms with Crippen LogP contribution in [0.15, 0.2) is 36.8 Å². The fourth-order valence-electron chi connectivity index (χ4n) is 4.41. The summed E-state index contributed by atoms with van der Waals surface area (Å²) >= 11 is 0. The average Bonchev–Trinajstić information content (AvgIpc) is 3.42. The molecule has 170 valence electrons. The number of ether oxygens (including phenoxy) is 3. The third-order valence-electron chi connectivity index (χ3n) is 5.78. The van der Waals surface area contributed by atoms with Gasteiger partial charge in [0.05, 0.1) is 6.20 Å². The number of anilines is 1. The van der Waals surface area contributed by atoms with Crippen LogP contribution in [0.1, 0.15) is 30.7 Å². The predicted molar refractivity (Wildman–Crippen MR) is 113 cm³/mol. The Morgan fingerprint density at radius 3 is 2.85 bits per heavy atom. The minimum Gasteiger partial charge on any atom is -0.479 e. The van der Waals surface area contributed by atoms with E-state index < -0.39 is 35.7 Å². The van der Waals surface area contributed by atoms with Gasteiger partial charge in [-0.3, -0.25) is 0 Å². The Morgan fingerprint density at radius 1 is 1.30 bits per heavy atom. The van der Waals surface area contributed by atoms with Crippen molar-refractivity contribution in [2.45, 2.75) is 57.0 Å². The molecule has 5 rings (SSSR count). The van der Waals surface area contributed by atoms with Crippen LogP contribution in [0.5, 0.6) is 0 Å². The number of nitriles is 1. The lowest BCUT2D eigenvalue weighted by atomic mass is 9.93. The molecular formula is C22H22N6O5. The van der Waals surface area contributed by atoms with Crippen molar-refractivity contribution in [1.82, 2.24) is 19.6 Å². The quantitative estimate of drug-likeness (QED) is 0.590. The highest BCUT2D eigenvalue weighted by atomic mass is 16.8. The largest absolute Gasteiger partial charge is 0.479 e. The van der Waals surface area contributed by atoms with Gasteiger partial charge in [-0.05, 0) is 26.3 Å². The van der Waals surface area contributed by atoms with Crippen LogP contribution >= 0.6 is 0 Å². The molecular weight excluding hydrogens is 428 g/mol. The van der Waals surface area contributed by atoms with Crippen LogP contribution in [0, 0.1) is 18.3 Å². The second-order valence-electron chi connectivity index (χ2n) is 8.57. The number of benzene rings is 1. The lowest BCUT2D eigenvalue weighted by Crippen LogP contribution is -2.40. The molecule has 0 aliphatic carbocycles. The maximum atomic E-state index is 11.9. The molecule has 2 fully saturated rings. The molecule has 0 bridgehead atoms. The van der Waals surface area contributed by atoms with Crippen LogP contribution in [-0.2, 0) is 31.2 Å². The average molecular weight is 450 g/mol. The van der Waals surface area contributed by atoms with E-state index in [9.17, 15) is 15.2 Å². The van der Waals surface area contributed by atoms with E-state index in [0.29, 0.717) is 18.0 Å². The van der Waals surface area contributed by atoms with E-state index >= 15 is 0 Å². The molecule has 0 radical (unpaired) electrons. The number of carboxylic acid groups (broad SMARTS) is 1. The van der Waals surface area contributed by atoms with E-state index in [4.69, 9.17) is 14.2 Å². The number of imidazole rings is 1. The molecule has 0 spiro atoms. The van der Waals surface area contributed by atoms with E-state index in [1.807, 2.05) is 25.1 Å². The summed E-state index contributed by atoms with van der Waals surface area (Å²) in [6, 6.07) is 10.2. The van der Waals surface area contributed by atoms with Gasteiger partial charge >= 0.3 is 5.97 Å². The topological polar surface area (TPSA) is 144 Å². The van der Waals surface area contributed by atoms with E-state index in [0.717, 1.165) is 11.1 Å². The van der Waals surface area contributed by atoms with Crippen molar-refractivity contribution >= 4 is 17.4 Å². The number of hydrogen-bond acceptors (Lipinski definition) is 9. The maximum Gasteiger partial charge on any atom is 0.335 e. The number of aromatic nitrogens is 4. The Labute approximate surface area is 188 Å².